The first kappa shape index (κ1) is 27.4. The van der Waals surface area contributed by atoms with Crippen molar-refractivity contribution in [1.29, 1.82) is 0 Å². The smallest absolute Gasteiger partial charge is 0.200 e. The lowest BCUT2D eigenvalue weighted by molar-refractivity contribution is 0.291. The van der Waals surface area contributed by atoms with Crippen molar-refractivity contribution in [3.63, 3.8) is 0 Å². The average Bonchev–Trinajstić information content (AvgIpc) is 2.66. The quantitative estimate of drug-likeness (QED) is 0.145. The van der Waals surface area contributed by atoms with E-state index in [1.165, 1.54) is 70.3 Å². The molecule has 29 heavy (non-hydrogen) atoms. The highest BCUT2D eigenvalue weighted by Gasteiger charge is 2.25. The van der Waals surface area contributed by atoms with Crippen LogP contribution in [0.4, 0.5) is 0 Å². The van der Waals surface area contributed by atoms with Gasteiger partial charge in [0.1, 0.15) is 0 Å². The number of hydrogen-bond donors (Lipinski definition) is 2. The van der Waals surface area contributed by atoms with Crippen molar-refractivity contribution in [2.45, 2.75) is 134 Å². The molecule has 1 aliphatic carbocycles. The zero-order valence-corrected chi connectivity index (χ0v) is 22.1. The highest BCUT2D eigenvalue weighted by atomic mass is 31.2. The first-order valence-electron chi connectivity index (χ1n) is 12.6. The zero-order chi connectivity index (χ0) is 21.8. The predicted octanol–water partition coefficient (Wildman–Crippen LogP) is 7.79. The lowest BCUT2D eigenvalue weighted by Gasteiger charge is -2.31. The Morgan fingerprint density at radius 3 is 2.03 bits per heavy atom. The summed E-state index contributed by atoms with van der Waals surface area (Å²) in [6.45, 7) is 9.18. The molecule has 0 aromatic rings. The van der Waals surface area contributed by atoms with Crippen LogP contribution in [-0.2, 0) is 4.57 Å². The van der Waals surface area contributed by atoms with E-state index >= 15 is 0 Å². The van der Waals surface area contributed by atoms with E-state index in [4.69, 9.17) is 5.73 Å². The van der Waals surface area contributed by atoms with Gasteiger partial charge in [0.2, 0.25) is 0 Å². The molecule has 1 saturated carbocycles. The Morgan fingerprint density at radius 1 is 0.931 bits per heavy atom. The van der Waals surface area contributed by atoms with Gasteiger partial charge >= 0.3 is 0 Å². The van der Waals surface area contributed by atoms with Gasteiger partial charge in [-0.05, 0) is 31.6 Å². The van der Waals surface area contributed by atoms with Crippen LogP contribution in [0.5, 0.6) is 0 Å². The molecule has 0 spiro atoms. The van der Waals surface area contributed by atoms with Crippen molar-refractivity contribution in [2.75, 3.05) is 12.3 Å². The second kappa shape index (κ2) is 13.7. The lowest BCUT2D eigenvalue weighted by Crippen LogP contribution is -2.40. The van der Waals surface area contributed by atoms with Gasteiger partial charge in [-0.25, -0.2) is 0 Å². The third-order valence-electron chi connectivity index (χ3n) is 7.04. The molecule has 2 unspecified atom stereocenters. The standard InChI is InChI=1S/C24H52NO2PSi/c1-5-28(26,27)21-13-11-19-24(25,20-12-14-22-29(2,3)4)18-10-9-17-23-15-7-6-8-16-23/h23H,5-22,25H2,1-4H3,(H,26,27). The minimum atomic E-state index is -2.88. The molecule has 0 aromatic carbocycles. The van der Waals surface area contributed by atoms with Crippen molar-refractivity contribution >= 4 is 15.4 Å². The molecule has 0 bridgehead atoms. The Labute approximate surface area is 183 Å². The summed E-state index contributed by atoms with van der Waals surface area (Å²) >= 11 is 0. The average molecular weight is 446 g/mol. The van der Waals surface area contributed by atoms with E-state index in [9.17, 15) is 9.46 Å². The molecule has 3 N–H and O–H groups in total. The van der Waals surface area contributed by atoms with Crippen LogP contribution in [-0.4, -0.2) is 30.8 Å². The Hall–Kier alpha value is 0.367. The van der Waals surface area contributed by atoms with Gasteiger partial charge < -0.3 is 10.6 Å². The maximum absolute atomic E-state index is 11.9. The second-order valence-corrected chi connectivity index (χ2v) is 19.6. The van der Waals surface area contributed by atoms with Crippen LogP contribution in [0.1, 0.15) is 103 Å². The van der Waals surface area contributed by atoms with Gasteiger partial charge in [0.15, 0.2) is 7.37 Å². The van der Waals surface area contributed by atoms with Crippen LogP contribution in [0.3, 0.4) is 0 Å². The second-order valence-electron chi connectivity index (χ2n) is 11.2. The molecule has 0 aromatic heterocycles. The number of rotatable bonds is 16. The normalized spacial score (nSPS) is 20.3. The van der Waals surface area contributed by atoms with E-state index in [2.05, 4.69) is 19.6 Å². The number of nitrogens with two attached hydrogens (primary N) is 1. The maximum atomic E-state index is 11.9. The minimum Gasteiger partial charge on any atom is -0.344 e. The first-order valence-corrected chi connectivity index (χ1v) is 18.4. The summed E-state index contributed by atoms with van der Waals surface area (Å²) < 4.78 is 11.9. The fourth-order valence-electron chi connectivity index (χ4n) is 4.89. The SMILES string of the molecule is CCP(=O)(O)CCCCC(N)(CCCCC1CCCCC1)CCCC[Si](C)(C)C. The Morgan fingerprint density at radius 2 is 1.48 bits per heavy atom. The Balaban J connectivity index is 2.39. The van der Waals surface area contributed by atoms with Gasteiger partial charge in [-0.2, -0.15) is 0 Å². The van der Waals surface area contributed by atoms with E-state index in [1.807, 2.05) is 6.92 Å². The fourth-order valence-corrected chi connectivity index (χ4v) is 7.23. The van der Waals surface area contributed by atoms with Crippen LogP contribution >= 0.6 is 7.37 Å². The van der Waals surface area contributed by atoms with Gasteiger partial charge in [0.25, 0.3) is 0 Å². The number of hydrogen-bond acceptors (Lipinski definition) is 2. The van der Waals surface area contributed by atoms with Crippen molar-refractivity contribution in [2.24, 2.45) is 11.7 Å². The van der Waals surface area contributed by atoms with Crippen molar-refractivity contribution < 1.29 is 9.46 Å². The van der Waals surface area contributed by atoms with Gasteiger partial charge in [-0.1, -0.05) is 103 Å². The minimum absolute atomic E-state index is 0.0579. The van der Waals surface area contributed by atoms with Crippen LogP contribution in [0, 0.1) is 5.92 Å². The number of unbranched alkanes of at least 4 members (excludes halogenated alkanes) is 3. The van der Waals surface area contributed by atoms with Gasteiger partial charge in [0, 0.05) is 25.9 Å². The molecule has 174 valence electrons. The molecule has 2 atom stereocenters. The van der Waals surface area contributed by atoms with Crippen molar-refractivity contribution in [3.05, 3.63) is 0 Å². The molecular weight excluding hydrogens is 393 g/mol. The van der Waals surface area contributed by atoms with Crippen LogP contribution in [0.25, 0.3) is 0 Å². The van der Waals surface area contributed by atoms with Gasteiger partial charge in [-0.3, -0.25) is 4.57 Å². The van der Waals surface area contributed by atoms with Gasteiger partial charge in [-0.15, -0.1) is 0 Å². The summed E-state index contributed by atoms with van der Waals surface area (Å²) in [5.74, 6) is 0.973. The monoisotopic (exact) mass is 445 g/mol. The van der Waals surface area contributed by atoms with E-state index in [0.29, 0.717) is 12.3 Å². The summed E-state index contributed by atoms with van der Waals surface area (Å²) in [7, 11) is -3.84. The molecule has 0 heterocycles. The molecule has 0 saturated heterocycles. The van der Waals surface area contributed by atoms with E-state index < -0.39 is 15.4 Å². The molecule has 0 aliphatic heterocycles. The summed E-state index contributed by atoms with van der Waals surface area (Å²) in [5, 5.41) is 0. The predicted molar refractivity (Wildman–Crippen MR) is 133 cm³/mol. The lowest BCUT2D eigenvalue weighted by atomic mass is 9.81. The Kier molecular flexibility index (Phi) is 13.0. The molecule has 0 radical (unpaired) electrons. The molecule has 0 amide bonds. The van der Waals surface area contributed by atoms with Crippen LogP contribution in [0.2, 0.25) is 25.7 Å². The molecule has 5 heteroatoms. The Bertz CT molecular complexity index is 474. The van der Waals surface area contributed by atoms with E-state index in [-0.39, 0.29) is 5.54 Å². The summed E-state index contributed by atoms with van der Waals surface area (Å²) in [6.07, 6.45) is 19.8. The largest absolute Gasteiger partial charge is 0.344 e. The van der Waals surface area contributed by atoms with Crippen LogP contribution < -0.4 is 5.73 Å². The molecular formula is C24H52NO2PSi. The summed E-state index contributed by atoms with van der Waals surface area (Å²) in [4.78, 5) is 9.83. The maximum Gasteiger partial charge on any atom is 0.200 e. The van der Waals surface area contributed by atoms with Crippen molar-refractivity contribution in [1.82, 2.24) is 0 Å². The summed E-state index contributed by atoms with van der Waals surface area (Å²) in [5.41, 5.74) is 6.87. The third kappa shape index (κ3) is 14.1. The highest BCUT2D eigenvalue weighted by Crippen LogP contribution is 2.41. The molecule has 3 nitrogen and oxygen atoms in total. The van der Waals surface area contributed by atoms with E-state index in [0.717, 1.165) is 38.0 Å². The molecule has 1 fully saturated rings. The topological polar surface area (TPSA) is 63.3 Å². The fraction of sp³-hybridized carbons (Fsp3) is 1.00. The highest BCUT2D eigenvalue weighted by molar-refractivity contribution is 7.57. The third-order valence-corrected chi connectivity index (χ3v) is 10.9. The van der Waals surface area contributed by atoms with Crippen LogP contribution in [0.15, 0.2) is 0 Å². The molecule has 1 aliphatic rings. The first-order chi connectivity index (χ1) is 13.6. The summed E-state index contributed by atoms with van der Waals surface area (Å²) in [6, 6.07) is 1.40. The van der Waals surface area contributed by atoms with Gasteiger partial charge in [0.05, 0.1) is 0 Å². The zero-order valence-electron chi connectivity index (χ0n) is 20.2. The van der Waals surface area contributed by atoms with Crippen molar-refractivity contribution in [3.8, 4) is 0 Å². The molecule has 1 rings (SSSR count). The van der Waals surface area contributed by atoms with E-state index in [1.54, 1.807) is 0 Å².